The van der Waals surface area contributed by atoms with Crippen molar-refractivity contribution >= 4 is 12.0 Å². The molecule has 1 heterocycles. The lowest BCUT2D eigenvalue weighted by atomic mass is 10.1. The number of carbonyl (C=O) groups is 2. The Labute approximate surface area is 114 Å². The van der Waals surface area contributed by atoms with Gasteiger partial charge in [0, 0.05) is 18.6 Å². The molecule has 0 aromatic rings. The smallest absolute Gasteiger partial charge is 0.315 e. The summed E-state index contributed by atoms with van der Waals surface area (Å²) in [4.78, 5) is 24.8. The summed E-state index contributed by atoms with van der Waals surface area (Å²) in [6.07, 6.45) is 3.57. The van der Waals surface area contributed by atoms with Crippen molar-refractivity contribution in [3.8, 4) is 0 Å². The summed E-state index contributed by atoms with van der Waals surface area (Å²) < 4.78 is 0. The molecule has 0 aliphatic carbocycles. The van der Waals surface area contributed by atoms with Crippen LogP contribution >= 0.6 is 0 Å². The Hall–Kier alpha value is -1.30. The Morgan fingerprint density at radius 1 is 1.47 bits per heavy atom. The van der Waals surface area contributed by atoms with E-state index < -0.39 is 5.97 Å². The van der Waals surface area contributed by atoms with Crippen LogP contribution < -0.4 is 10.6 Å². The molecule has 0 saturated carbocycles. The number of nitrogens with zero attached hydrogens (tertiary/aromatic N) is 1. The van der Waals surface area contributed by atoms with Crippen molar-refractivity contribution in [1.29, 1.82) is 0 Å². The number of likely N-dealkylation sites (tertiary alicyclic amines) is 1. The first-order valence-corrected chi connectivity index (χ1v) is 6.98. The molecule has 19 heavy (non-hydrogen) atoms. The van der Waals surface area contributed by atoms with Gasteiger partial charge in [-0.3, -0.25) is 4.79 Å². The van der Waals surface area contributed by atoms with Crippen LogP contribution in [0.5, 0.6) is 0 Å². The monoisotopic (exact) mass is 271 g/mol. The molecular formula is C13H25N3O3. The molecule has 6 nitrogen and oxygen atoms in total. The molecule has 0 spiro atoms. The van der Waals surface area contributed by atoms with E-state index in [1.807, 2.05) is 14.0 Å². The van der Waals surface area contributed by atoms with Crippen molar-refractivity contribution < 1.29 is 14.7 Å². The van der Waals surface area contributed by atoms with Gasteiger partial charge >= 0.3 is 12.0 Å². The van der Waals surface area contributed by atoms with Crippen LogP contribution in [0.25, 0.3) is 0 Å². The summed E-state index contributed by atoms with van der Waals surface area (Å²) in [7, 11) is 2.04. The lowest BCUT2D eigenvalue weighted by Crippen LogP contribution is -2.51. The molecular weight excluding hydrogens is 246 g/mol. The lowest BCUT2D eigenvalue weighted by molar-refractivity contribution is -0.137. The Morgan fingerprint density at radius 2 is 2.21 bits per heavy atom. The van der Waals surface area contributed by atoms with Crippen LogP contribution in [0.1, 0.15) is 39.0 Å². The largest absolute Gasteiger partial charge is 0.481 e. The topological polar surface area (TPSA) is 81.7 Å². The number of amides is 2. The summed E-state index contributed by atoms with van der Waals surface area (Å²) in [6.45, 7) is 3.90. The first kappa shape index (κ1) is 15.8. The van der Waals surface area contributed by atoms with E-state index in [1.54, 1.807) is 0 Å². The average Bonchev–Trinajstić information content (AvgIpc) is 2.27. The molecule has 3 N–H and O–H groups in total. The molecule has 1 saturated heterocycles. The van der Waals surface area contributed by atoms with Gasteiger partial charge < -0.3 is 20.6 Å². The molecule has 2 unspecified atom stereocenters. The Bertz CT molecular complexity index is 310. The van der Waals surface area contributed by atoms with Gasteiger partial charge in [-0.15, -0.1) is 0 Å². The SMILES string of the molecule is CCCC(CC(=O)O)NC(=O)NC1CCCN(C)C1. The van der Waals surface area contributed by atoms with Crippen LogP contribution in [-0.2, 0) is 4.79 Å². The van der Waals surface area contributed by atoms with Crippen molar-refractivity contribution in [2.24, 2.45) is 0 Å². The second kappa shape index (κ2) is 7.99. The van der Waals surface area contributed by atoms with Gasteiger partial charge in [0.1, 0.15) is 0 Å². The summed E-state index contributed by atoms with van der Waals surface area (Å²) in [5.74, 6) is -0.879. The van der Waals surface area contributed by atoms with Gasteiger partial charge in [0.2, 0.25) is 0 Å². The first-order valence-electron chi connectivity index (χ1n) is 6.98. The molecule has 2 atom stereocenters. The van der Waals surface area contributed by atoms with Gasteiger partial charge in [-0.2, -0.15) is 0 Å². The van der Waals surface area contributed by atoms with Gasteiger partial charge in [-0.05, 0) is 32.9 Å². The third kappa shape index (κ3) is 6.42. The minimum absolute atomic E-state index is 0.0220. The van der Waals surface area contributed by atoms with Crippen molar-refractivity contribution in [2.75, 3.05) is 20.1 Å². The van der Waals surface area contributed by atoms with E-state index in [2.05, 4.69) is 15.5 Å². The Balaban J connectivity index is 2.36. The van der Waals surface area contributed by atoms with E-state index in [-0.39, 0.29) is 24.5 Å². The van der Waals surface area contributed by atoms with Crippen LogP contribution in [0.4, 0.5) is 4.79 Å². The maximum Gasteiger partial charge on any atom is 0.315 e. The number of rotatable bonds is 6. The number of hydrogen-bond donors (Lipinski definition) is 3. The van der Waals surface area contributed by atoms with E-state index in [0.717, 1.165) is 32.4 Å². The predicted octanol–water partition coefficient (Wildman–Crippen LogP) is 1.02. The fourth-order valence-corrected chi connectivity index (χ4v) is 2.48. The van der Waals surface area contributed by atoms with Gasteiger partial charge in [0.05, 0.1) is 6.42 Å². The Morgan fingerprint density at radius 3 is 2.79 bits per heavy atom. The third-order valence-corrected chi connectivity index (χ3v) is 3.35. The van der Waals surface area contributed by atoms with Crippen molar-refractivity contribution in [3.63, 3.8) is 0 Å². The maximum absolute atomic E-state index is 11.9. The number of carboxylic acid groups (broad SMARTS) is 1. The Kier molecular flexibility index (Phi) is 6.62. The number of urea groups is 1. The number of aliphatic carboxylic acids is 1. The van der Waals surface area contributed by atoms with Crippen molar-refractivity contribution in [3.05, 3.63) is 0 Å². The highest BCUT2D eigenvalue weighted by molar-refractivity contribution is 5.76. The maximum atomic E-state index is 11.9. The van der Waals surface area contributed by atoms with E-state index in [0.29, 0.717) is 6.42 Å². The van der Waals surface area contributed by atoms with Gasteiger partial charge in [-0.1, -0.05) is 13.3 Å². The highest BCUT2D eigenvalue weighted by Gasteiger charge is 2.21. The summed E-state index contributed by atoms with van der Waals surface area (Å²) >= 11 is 0. The predicted molar refractivity (Wildman–Crippen MR) is 73.1 cm³/mol. The van der Waals surface area contributed by atoms with Crippen LogP contribution in [0.2, 0.25) is 0 Å². The van der Waals surface area contributed by atoms with Crippen LogP contribution in [0, 0.1) is 0 Å². The van der Waals surface area contributed by atoms with Gasteiger partial charge in [-0.25, -0.2) is 4.79 Å². The molecule has 110 valence electrons. The van der Waals surface area contributed by atoms with Crippen molar-refractivity contribution in [2.45, 2.75) is 51.1 Å². The number of carboxylic acids is 1. The molecule has 1 aliphatic rings. The molecule has 1 rings (SSSR count). The molecule has 0 aromatic carbocycles. The second-order valence-electron chi connectivity index (χ2n) is 5.30. The molecule has 6 heteroatoms. The van der Waals surface area contributed by atoms with Crippen LogP contribution in [0.3, 0.4) is 0 Å². The highest BCUT2D eigenvalue weighted by Crippen LogP contribution is 2.08. The molecule has 2 amide bonds. The molecule has 0 radical (unpaired) electrons. The zero-order chi connectivity index (χ0) is 14.3. The quantitative estimate of drug-likeness (QED) is 0.674. The molecule has 1 fully saturated rings. The minimum atomic E-state index is -0.879. The lowest BCUT2D eigenvalue weighted by Gasteiger charge is -2.30. The molecule has 1 aliphatic heterocycles. The second-order valence-corrected chi connectivity index (χ2v) is 5.30. The number of carbonyl (C=O) groups excluding carboxylic acids is 1. The third-order valence-electron chi connectivity index (χ3n) is 3.35. The average molecular weight is 271 g/mol. The highest BCUT2D eigenvalue weighted by atomic mass is 16.4. The fourth-order valence-electron chi connectivity index (χ4n) is 2.48. The zero-order valence-corrected chi connectivity index (χ0v) is 11.8. The standard InChI is InChI=1S/C13H25N3O3/c1-3-5-10(8-12(17)18)14-13(19)15-11-6-4-7-16(2)9-11/h10-11H,3-9H2,1-2H3,(H,17,18)(H2,14,15,19). The first-order chi connectivity index (χ1) is 9.01. The van der Waals surface area contributed by atoms with E-state index >= 15 is 0 Å². The van der Waals surface area contributed by atoms with Crippen LogP contribution in [-0.4, -0.2) is 54.2 Å². The zero-order valence-electron chi connectivity index (χ0n) is 11.8. The number of nitrogens with one attached hydrogen (secondary N) is 2. The molecule has 0 bridgehead atoms. The normalized spacial score (nSPS) is 21.7. The van der Waals surface area contributed by atoms with Crippen LogP contribution in [0.15, 0.2) is 0 Å². The summed E-state index contributed by atoms with van der Waals surface area (Å²) in [6, 6.07) is -0.380. The fraction of sp³-hybridized carbons (Fsp3) is 0.846. The number of likely N-dealkylation sites (N-methyl/N-ethyl adjacent to an activating group) is 1. The molecule has 0 aromatic heterocycles. The summed E-state index contributed by atoms with van der Waals surface area (Å²) in [5, 5.41) is 14.5. The van der Waals surface area contributed by atoms with E-state index in [4.69, 9.17) is 5.11 Å². The summed E-state index contributed by atoms with van der Waals surface area (Å²) in [5.41, 5.74) is 0. The number of piperidine rings is 1. The van der Waals surface area contributed by atoms with E-state index in [1.165, 1.54) is 0 Å². The van der Waals surface area contributed by atoms with Gasteiger partial charge in [0.25, 0.3) is 0 Å². The van der Waals surface area contributed by atoms with Crippen molar-refractivity contribution in [1.82, 2.24) is 15.5 Å². The minimum Gasteiger partial charge on any atom is -0.481 e. The van der Waals surface area contributed by atoms with E-state index in [9.17, 15) is 9.59 Å². The van der Waals surface area contributed by atoms with Gasteiger partial charge in [0.15, 0.2) is 0 Å². The number of hydrogen-bond acceptors (Lipinski definition) is 3.